The number of esters is 1. The molecule has 0 N–H and O–H groups in total. The molecular formula is C12H15NO2. The van der Waals surface area contributed by atoms with Gasteiger partial charge >= 0.3 is 5.97 Å². The zero-order valence-corrected chi connectivity index (χ0v) is 8.85. The molecule has 3 nitrogen and oxygen atoms in total. The third-order valence-corrected chi connectivity index (χ3v) is 1.82. The van der Waals surface area contributed by atoms with Crippen molar-refractivity contribution in [1.82, 2.24) is 4.98 Å². The SMILES string of the molecule is CCC=CCCOC(=O)c1cccnc1. The van der Waals surface area contributed by atoms with Crippen molar-refractivity contribution >= 4 is 5.97 Å². The van der Waals surface area contributed by atoms with E-state index in [9.17, 15) is 4.79 Å². The summed E-state index contributed by atoms with van der Waals surface area (Å²) in [5, 5.41) is 0. The highest BCUT2D eigenvalue weighted by Gasteiger charge is 2.04. The van der Waals surface area contributed by atoms with Crippen LogP contribution in [-0.4, -0.2) is 17.6 Å². The average molecular weight is 205 g/mol. The third kappa shape index (κ3) is 4.40. The Morgan fingerprint density at radius 2 is 2.40 bits per heavy atom. The molecule has 0 spiro atoms. The second-order valence-electron chi connectivity index (χ2n) is 3.05. The Kier molecular flexibility index (Phi) is 5.15. The number of hydrogen-bond donors (Lipinski definition) is 0. The Bertz CT molecular complexity index is 320. The average Bonchev–Trinajstić information content (AvgIpc) is 2.30. The van der Waals surface area contributed by atoms with Crippen LogP contribution in [0.2, 0.25) is 0 Å². The maximum atomic E-state index is 11.4. The summed E-state index contributed by atoms with van der Waals surface area (Å²) in [6.45, 7) is 2.49. The lowest BCUT2D eigenvalue weighted by atomic mass is 10.3. The first-order valence-corrected chi connectivity index (χ1v) is 5.06. The minimum atomic E-state index is -0.312. The van der Waals surface area contributed by atoms with Gasteiger partial charge in [-0.1, -0.05) is 19.1 Å². The van der Waals surface area contributed by atoms with Crippen LogP contribution in [0.15, 0.2) is 36.7 Å². The molecule has 0 saturated heterocycles. The van der Waals surface area contributed by atoms with Crippen LogP contribution in [0.5, 0.6) is 0 Å². The molecule has 80 valence electrons. The number of hydrogen-bond acceptors (Lipinski definition) is 3. The van der Waals surface area contributed by atoms with Gasteiger partial charge in [-0.15, -0.1) is 0 Å². The molecule has 0 fully saturated rings. The zero-order valence-electron chi connectivity index (χ0n) is 8.85. The summed E-state index contributed by atoms with van der Waals surface area (Å²) in [6.07, 6.45) is 8.97. The van der Waals surface area contributed by atoms with Gasteiger partial charge < -0.3 is 4.74 Å². The second-order valence-corrected chi connectivity index (χ2v) is 3.05. The van der Waals surface area contributed by atoms with Crippen molar-refractivity contribution in [2.75, 3.05) is 6.61 Å². The van der Waals surface area contributed by atoms with Crippen molar-refractivity contribution in [1.29, 1.82) is 0 Å². The lowest BCUT2D eigenvalue weighted by Crippen LogP contribution is -2.05. The number of rotatable bonds is 5. The third-order valence-electron chi connectivity index (χ3n) is 1.82. The molecule has 0 unspecified atom stereocenters. The first-order chi connectivity index (χ1) is 7.34. The highest BCUT2D eigenvalue weighted by Crippen LogP contribution is 1.99. The van der Waals surface area contributed by atoms with Crippen LogP contribution >= 0.6 is 0 Å². The van der Waals surface area contributed by atoms with E-state index in [-0.39, 0.29) is 5.97 Å². The zero-order chi connectivity index (χ0) is 10.9. The fraction of sp³-hybridized carbons (Fsp3) is 0.333. The van der Waals surface area contributed by atoms with Gasteiger partial charge in [0.15, 0.2) is 0 Å². The molecule has 0 saturated carbocycles. The maximum absolute atomic E-state index is 11.4. The van der Waals surface area contributed by atoms with Gasteiger partial charge in [0, 0.05) is 12.4 Å². The van der Waals surface area contributed by atoms with Crippen molar-refractivity contribution in [2.24, 2.45) is 0 Å². The monoisotopic (exact) mass is 205 g/mol. The van der Waals surface area contributed by atoms with Gasteiger partial charge in [0.05, 0.1) is 12.2 Å². The van der Waals surface area contributed by atoms with Crippen molar-refractivity contribution in [3.8, 4) is 0 Å². The molecule has 1 heterocycles. The topological polar surface area (TPSA) is 39.2 Å². The molecule has 0 aromatic carbocycles. The summed E-state index contributed by atoms with van der Waals surface area (Å²) < 4.78 is 5.04. The largest absolute Gasteiger partial charge is 0.462 e. The molecule has 0 aliphatic rings. The van der Waals surface area contributed by atoms with Gasteiger partial charge in [-0.2, -0.15) is 0 Å². The van der Waals surface area contributed by atoms with Crippen molar-refractivity contribution in [2.45, 2.75) is 19.8 Å². The van der Waals surface area contributed by atoms with Crippen LogP contribution < -0.4 is 0 Å². The summed E-state index contributed by atoms with van der Waals surface area (Å²) in [7, 11) is 0. The van der Waals surface area contributed by atoms with E-state index in [1.54, 1.807) is 18.3 Å². The minimum Gasteiger partial charge on any atom is -0.462 e. The van der Waals surface area contributed by atoms with Crippen LogP contribution in [-0.2, 0) is 4.74 Å². The van der Waals surface area contributed by atoms with Crippen molar-refractivity contribution in [3.05, 3.63) is 42.2 Å². The summed E-state index contributed by atoms with van der Waals surface area (Å²) in [4.78, 5) is 15.2. The molecule has 0 atom stereocenters. The van der Waals surface area contributed by atoms with Gasteiger partial charge in [-0.05, 0) is 25.0 Å². The van der Waals surface area contributed by atoms with E-state index in [1.807, 2.05) is 6.08 Å². The van der Waals surface area contributed by atoms with Crippen molar-refractivity contribution in [3.63, 3.8) is 0 Å². The lowest BCUT2D eigenvalue weighted by Gasteiger charge is -2.01. The molecule has 0 aliphatic heterocycles. The van der Waals surface area contributed by atoms with Gasteiger partial charge in [0.1, 0.15) is 0 Å². The quantitative estimate of drug-likeness (QED) is 0.421. The van der Waals surface area contributed by atoms with Gasteiger partial charge in [-0.25, -0.2) is 4.79 Å². The molecule has 15 heavy (non-hydrogen) atoms. The predicted molar refractivity (Wildman–Crippen MR) is 58.6 cm³/mol. The Hall–Kier alpha value is -1.64. The minimum absolute atomic E-state index is 0.312. The molecule has 0 radical (unpaired) electrons. The predicted octanol–water partition coefficient (Wildman–Crippen LogP) is 2.59. The number of nitrogens with zero attached hydrogens (tertiary/aromatic N) is 1. The molecule has 1 aromatic heterocycles. The van der Waals surface area contributed by atoms with Crippen LogP contribution in [0.25, 0.3) is 0 Å². The molecule has 1 aromatic rings. The number of ether oxygens (including phenoxy) is 1. The fourth-order valence-electron chi connectivity index (χ4n) is 1.07. The highest BCUT2D eigenvalue weighted by molar-refractivity contribution is 5.88. The number of aromatic nitrogens is 1. The van der Waals surface area contributed by atoms with Crippen LogP contribution in [0, 0.1) is 0 Å². The first-order valence-electron chi connectivity index (χ1n) is 5.06. The smallest absolute Gasteiger partial charge is 0.339 e. The lowest BCUT2D eigenvalue weighted by molar-refractivity contribution is 0.0511. The normalized spacial score (nSPS) is 10.5. The van der Waals surface area contributed by atoms with Gasteiger partial charge in [0.2, 0.25) is 0 Å². The van der Waals surface area contributed by atoms with Crippen LogP contribution in [0.3, 0.4) is 0 Å². The number of allylic oxidation sites excluding steroid dienone is 1. The Morgan fingerprint density at radius 1 is 1.53 bits per heavy atom. The molecule has 3 heteroatoms. The molecule has 0 bridgehead atoms. The van der Waals surface area contributed by atoms with E-state index in [0.717, 1.165) is 12.8 Å². The summed E-state index contributed by atoms with van der Waals surface area (Å²) >= 11 is 0. The fourth-order valence-corrected chi connectivity index (χ4v) is 1.07. The number of carbonyl (C=O) groups excluding carboxylic acids is 1. The standard InChI is InChI=1S/C12H15NO2/c1-2-3-4-5-9-15-12(14)11-7-6-8-13-10-11/h3-4,6-8,10H,2,5,9H2,1H3. The van der Waals surface area contributed by atoms with E-state index >= 15 is 0 Å². The summed E-state index contributed by atoms with van der Waals surface area (Å²) in [6, 6.07) is 3.41. The molecule has 0 aliphatic carbocycles. The first kappa shape index (κ1) is 11.4. The molecule has 0 amide bonds. The number of carbonyl (C=O) groups is 1. The van der Waals surface area contributed by atoms with Crippen LogP contribution in [0.4, 0.5) is 0 Å². The van der Waals surface area contributed by atoms with E-state index in [0.29, 0.717) is 12.2 Å². The van der Waals surface area contributed by atoms with E-state index in [2.05, 4.69) is 18.0 Å². The summed E-state index contributed by atoms with van der Waals surface area (Å²) in [5.41, 5.74) is 0.497. The maximum Gasteiger partial charge on any atom is 0.339 e. The Morgan fingerprint density at radius 3 is 3.07 bits per heavy atom. The second kappa shape index (κ2) is 6.76. The van der Waals surface area contributed by atoms with E-state index < -0.39 is 0 Å². The Labute approximate surface area is 89.8 Å². The highest BCUT2D eigenvalue weighted by atomic mass is 16.5. The van der Waals surface area contributed by atoms with Gasteiger partial charge in [0.25, 0.3) is 0 Å². The summed E-state index contributed by atoms with van der Waals surface area (Å²) in [5.74, 6) is -0.312. The van der Waals surface area contributed by atoms with Crippen molar-refractivity contribution < 1.29 is 9.53 Å². The molecule has 1 rings (SSSR count). The number of pyridine rings is 1. The Balaban J connectivity index is 2.28. The molecular weight excluding hydrogens is 190 g/mol. The van der Waals surface area contributed by atoms with Gasteiger partial charge in [-0.3, -0.25) is 4.98 Å². The van der Waals surface area contributed by atoms with E-state index in [4.69, 9.17) is 4.74 Å². The van der Waals surface area contributed by atoms with Crippen LogP contribution in [0.1, 0.15) is 30.1 Å². The van der Waals surface area contributed by atoms with E-state index in [1.165, 1.54) is 6.20 Å².